The highest BCUT2D eigenvalue weighted by Gasteiger charge is 2.27. The summed E-state index contributed by atoms with van der Waals surface area (Å²) < 4.78 is 5.54. The Morgan fingerprint density at radius 3 is 2.66 bits per heavy atom. The third kappa shape index (κ3) is 3.74. The Hall–Kier alpha value is -3.28. The van der Waals surface area contributed by atoms with E-state index in [9.17, 15) is 4.79 Å². The monoisotopic (exact) mass is 430 g/mol. The first-order valence-electron chi connectivity index (χ1n) is 11.3. The molecule has 0 spiro atoms. The van der Waals surface area contributed by atoms with Gasteiger partial charge in [-0.25, -0.2) is 9.78 Å². The number of ether oxygens (including phenoxy) is 1. The van der Waals surface area contributed by atoms with Gasteiger partial charge < -0.3 is 19.6 Å². The van der Waals surface area contributed by atoms with Crippen LogP contribution in [-0.2, 0) is 4.74 Å². The van der Waals surface area contributed by atoms with Crippen molar-refractivity contribution >= 4 is 28.0 Å². The number of hydrogen-bond acceptors (Lipinski definition) is 3. The van der Waals surface area contributed by atoms with Crippen molar-refractivity contribution in [1.82, 2.24) is 19.9 Å². The molecule has 4 aromatic rings. The van der Waals surface area contributed by atoms with Crippen LogP contribution in [0.5, 0.6) is 0 Å². The first kappa shape index (κ1) is 20.6. The summed E-state index contributed by atoms with van der Waals surface area (Å²) in [5.74, 6) is 0.452. The van der Waals surface area contributed by atoms with E-state index in [0.717, 1.165) is 53.7 Å². The highest BCUT2D eigenvalue weighted by Crippen LogP contribution is 2.36. The van der Waals surface area contributed by atoms with Gasteiger partial charge in [0.25, 0.3) is 0 Å². The van der Waals surface area contributed by atoms with Gasteiger partial charge in [0.1, 0.15) is 11.2 Å². The van der Waals surface area contributed by atoms with Crippen LogP contribution in [-0.4, -0.2) is 44.6 Å². The number of nitrogens with zero attached hydrogens (tertiary/aromatic N) is 2. The zero-order chi connectivity index (χ0) is 22.5. The van der Waals surface area contributed by atoms with E-state index in [-0.39, 0.29) is 6.09 Å². The van der Waals surface area contributed by atoms with Crippen LogP contribution >= 0.6 is 0 Å². The van der Waals surface area contributed by atoms with Crippen LogP contribution in [0.25, 0.3) is 33.2 Å². The molecule has 1 aliphatic rings. The predicted molar refractivity (Wildman–Crippen MR) is 128 cm³/mol. The van der Waals surface area contributed by atoms with Gasteiger partial charge in [-0.15, -0.1) is 0 Å². The fraction of sp³-hybridized carbons (Fsp3) is 0.385. The zero-order valence-electron chi connectivity index (χ0n) is 19.2. The van der Waals surface area contributed by atoms with E-state index in [1.54, 1.807) is 0 Å². The summed E-state index contributed by atoms with van der Waals surface area (Å²) in [6, 6.07) is 10.9. The molecule has 1 saturated heterocycles. The van der Waals surface area contributed by atoms with E-state index in [0.29, 0.717) is 5.92 Å². The summed E-state index contributed by atoms with van der Waals surface area (Å²) >= 11 is 0. The quantitative estimate of drug-likeness (QED) is 0.401. The van der Waals surface area contributed by atoms with Gasteiger partial charge in [-0.05, 0) is 81.8 Å². The van der Waals surface area contributed by atoms with Crippen molar-refractivity contribution in [2.75, 3.05) is 13.1 Å². The van der Waals surface area contributed by atoms with Crippen LogP contribution in [0.15, 0.2) is 42.7 Å². The number of pyridine rings is 1. The minimum atomic E-state index is -0.455. The molecule has 0 saturated carbocycles. The maximum absolute atomic E-state index is 12.4. The Balaban J connectivity index is 1.39. The number of aromatic nitrogens is 3. The van der Waals surface area contributed by atoms with Crippen LogP contribution in [0.3, 0.4) is 0 Å². The molecule has 3 aromatic heterocycles. The van der Waals surface area contributed by atoms with Gasteiger partial charge in [-0.1, -0.05) is 6.07 Å². The van der Waals surface area contributed by atoms with Crippen molar-refractivity contribution in [3.05, 3.63) is 53.9 Å². The molecule has 0 radical (unpaired) electrons. The minimum absolute atomic E-state index is 0.203. The lowest BCUT2D eigenvalue weighted by Gasteiger charge is -2.33. The van der Waals surface area contributed by atoms with Crippen LogP contribution < -0.4 is 0 Å². The fourth-order valence-electron chi connectivity index (χ4n) is 4.77. The summed E-state index contributed by atoms with van der Waals surface area (Å²) in [6.07, 6.45) is 5.49. The van der Waals surface area contributed by atoms with E-state index < -0.39 is 5.60 Å². The number of aryl methyl sites for hydroxylation is 1. The lowest BCUT2D eigenvalue weighted by atomic mass is 9.88. The van der Waals surface area contributed by atoms with Gasteiger partial charge >= 0.3 is 6.09 Å². The van der Waals surface area contributed by atoms with Crippen molar-refractivity contribution in [3.63, 3.8) is 0 Å². The first-order valence-corrected chi connectivity index (χ1v) is 11.3. The average molecular weight is 431 g/mol. The number of H-pyrrole nitrogens is 2. The lowest BCUT2D eigenvalue weighted by Crippen LogP contribution is -2.41. The standard InChI is InChI=1S/C26H30N4O2/c1-16-21-15-18(17-9-13-30(14-10-17)25(31)32-26(2,3)4)5-6-22(21)29-23(16)19-7-11-27-24-20(19)8-12-28-24/h5-8,11-12,15,17,29H,9-10,13-14H2,1-4H3,(H,27,28). The number of carbonyl (C=O) groups is 1. The summed E-state index contributed by atoms with van der Waals surface area (Å²) in [5, 5.41) is 2.38. The fourth-order valence-corrected chi connectivity index (χ4v) is 4.77. The second-order valence-corrected chi connectivity index (χ2v) is 9.77. The van der Waals surface area contributed by atoms with Crippen LogP contribution in [0, 0.1) is 6.92 Å². The lowest BCUT2D eigenvalue weighted by molar-refractivity contribution is 0.0205. The smallest absolute Gasteiger partial charge is 0.410 e. The van der Waals surface area contributed by atoms with Gasteiger partial charge in [-0.3, -0.25) is 0 Å². The first-order chi connectivity index (χ1) is 15.3. The molecule has 6 heteroatoms. The van der Waals surface area contributed by atoms with Gasteiger partial charge in [0.2, 0.25) is 0 Å². The Labute approximate surface area is 188 Å². The SMILES string of the molecule is Cc1c(-c2ccnc3[nH]ccc23)[nH]c2ccc(C3CCN(C(=O)OC(C)(C)C)CC3)cc12. The Kier molecular flexibility index (Phi) is 4.96. The molecule has 0 aliphatic carbocycles. The van der Waals surface area contributed by atoms with E-state index in [1.807, 2.05) is 38.1 Å². The summed E-state index contributed by atoms with van der Waals surface area (Å²) in [6.45, 7) is 9.38. The molecule has 1 fully saturated rings. The largest absolute Gasteiger partial charge is 0.444 e. The van der Waals surface area contributed by atoms with Gasteiger partial charge in [0.05, 0.1) is 5.69 Å². The molecule has 1 amide bonds. The molecule has 4 heterocycles. The predicted octanol–water partition coefficient (Wildman–Crippen LogP) is 6.13. The molecule has 0 bridgehead atoms. The number of nitrogens with one attached hydrogen (secondary N) is 2. The highest BCUT2D eigenvalue weighted by atomic mass is 16.6. The number of benzene rings is 1. The maximum Gasteiger partial charge on any atom is 0.410 e. The molecule has 32 heavy (non-hydrogen) atoms. The number of carbonyl (C=O) groups excluding carboxylic acids is 1. The molecule has 1 aliphatic heterocycles. The van der Waals surface area contributed by atoms with Crippen molar-refractivity contribution in [3.8, 4) is 11.3 Å². The molecular formula is C26H30N4O2. The molecule has 1 aromatic carbocycles. The van der Waals surface area contributed by atoms with Crippen molar-refractivity contribution in [2.24, 2.45) is 0 Å². The van der Waals surface area contributed by atoms with Crippen molar-refractivity contribution in [2.45, 2.75) is 52.1 Å². The molecule has 0 atom stereocenters. The number of amides is 1. The van der Waals surface area contributed by atoms with Crippen LogP contribution in [0.2, 0.25) is 0 Å². The highest BCUT2D eigenvalue weighted by molar-refractivity contribution is 5.98. The Morgan fingerprint density at radius 1 is 1.12 bits per heavy atom. The van der Waals surface area contributed by atoms with E-state index >= 15 is 0 Å². The summed E-state index contributed by atoms with van der Waals surface area (Å²) in [4.78, 5) is 25.5. The van der Waals surface area contributed by atoms with Crippen molar-refractivity contribution in [1.29, 1.82) is 0 Å². The zero-order valence-corrected chi connectivity index (χ0v) is 19.2. The molecule has 6 nitrogen and oxygen atoms in total. The molecule has 5 rings (SSSR count). The average Bonchev–Trinajstić information content (AvgIpc) is 3.37. The molecule has 2 N–H and O–H groups in total. The second-order valence-electron chi connectivity index (χ2n) is 9.77. The van der Waals surface area contributed by atoms with E-state index in [4.69, 9.17) is 4.74 Å². The van der Waals surface area contributed by atoms with E-state index in [2.05, 4.69) is 52.2 Å². The number of piperidine rings is 1. The van der Waals surface area contributed by atoms with Crippen LogP contribution in [0.1, 0.15) is 50.7 Å². The second kappa shape index (κ2) is 7.69. The van der Waals surface area contributed by atoms with Gasteiger partial charge in [-0.2, -0.15) is 0 Å². The summed E-state index contributed by atoms with van der Waals surface area (Å²) in [5.41, 5.74) is 6.49. The van der Waals surface area contributed by atoms with Gasteiger partial charge in [0, 0.05) is 47.3 Å². The van der Waals surface area contributed by atoms with Gasteiger partial charge in [0.15, 0.2) is 0 Å². The molecule has 166 valence electrons. The number of aromatic amines is 2. The Bertz CT molecular complexity index is 1290. The normalized spacial score (nSPS) is 15.6. The Morgan fingerprint density at radius 2 is 1.91 bits per heavy atom. The molecular weight excluding hydrogens is 400 g/mol. The number of hydrogen-bond donors (Lipinski definition) is 2. The summed E-state index contributed by atoms with van der Waals surface area (Å²) in [7, 11) is 0. The number of likely N-dealkylation sites (tertiary alicyclic amines) is 1. The van der Waals surface area contributed by atoms with Crippen LogP contribution in [0.4, 0.5) is 4.79 Å². The number of rotatable bonds is 2. The van der Waals surface area contributed by atoms with Crippen molar-refractivity contribution < 1.29 is 9.53 Å². The topological polar surface area (TPSA) is 74.0 Å². The molecule has 0 unspecified atom stereocenters. The van der Waals surface area contributed by atoms with E-state index in [1.165, 1.54) is 16.5 Å². The minimum Gasteiger partial charge on any atom is -0.444 e. The maximum atomic E-state index is 12.4. The third-order valence-corrected chi connectivity index (χ3v) is 6.43. The third-order valence-electron chi connectivity index (χ3n) is 6.43. The number of fused-ring (bicyclic) bond motifs is 2.